The first-order valence-corrected chi connectivity index (χ1v) is 9.83. The summed E-state index contributed by atoms with van der Waals surface area (Å²) < 4.78 is 6.38. The van der Waals surface area contributed by atoms with Crippen molar-refractivity contribution in [2.24, 2.45) is 5.92 Å². The van der Waals surface area contributed by atoms with E-state index in [9.17, 15) is 4.79 Å². The number of ether oxygens (including phenoxy) is 1. The Morgan fingerprint density at radius 3 is 2.37 bits per heavy atom. The smallest absolute Gasteiger partial charge is 0.254 e. The molecule has 1 heterocycles. The van der Waals surface area contributed by atoms with Crippen molar-refractivity contribution < 1.29 is 9.53 Å². The molecule has 4 rings (SSSR count). The third-order valence-corrected chi connectivity index (χ3v) is 5.43. The third-order valence-electron chi connectivity index (χ3n) is 5.43. The van der Waals surface area contributed by atoms with Gasteiger partial charge in [-0.15, -0.1) is 0 Å². The van der Waals surface area contributed by atoms with Crippen LogP contribution in [0.15, 0.2) is 54.6 Å². The first-order chi connectivity index (χ1) is 13.1. The molecule has 1 saturated carbocycles. The highest BCUT2D eigenvalue weighted by Crippen LogP contribution is 2.39. The van der Waals surface area contributed by atoms with Gasteiger partial charge in [-0.05, 0) is 56.1 Å². The molecule has 1 saturated heterocycles. The number of rotatable bonds is 5. The highest BCUT2D eigenvalue weighted by Gasteiger charge is 2.40. The van der Waals surface area contributed by atoms with Gasteiger partial charge in [0.1, 0.15) is 6.10 Å². The van der Waals surface area contributed by atoms with Crippen LogP contribution in [-0.4, -0.2) is 49.0 Å². The molecule has 0 bridgehead atoms. The van der Waals surface area contributed by atoms with Gasteiger partial charge >= 0.3 is 0 Å². The van der Waals surface area contributed by atoms with Crippen LogP contribution in [0.3, 0.4) is 0 Å². The van der Waals surface area contributed by atoms with Crippen molar-refractivity contribution in [2.45, 2.75) is 31.6 Å². The van der Waals surface area contributed by atoms with Gasteiger partial charge < -0.3 is 14.5 Å². The lowest BCUT2D eigenvalue weighted by atomic mass is 10.0. The molecule has 1 aliphatic heterocycles. The van der Waals surface area contributed by atoms with Gasteiger partial charge in [-0.3, -0.25) is 4.79 Å². The number of carbonyl (C=O) groups excluding carboxylic acids is 1. The summed E-state index contributed by atoms with van der Waals surface area (Å²) in [4.78, 5) is 17.3. The SMILES string of the molecule is CN(C)Cc1ccc(C(=O)N2C[C@@H](c3ccccc3)O[C@@H](C3CC3)C2)cc1. The molecule has 2 atom stereocenters. The first-order valence-electron chi connectivity index (χ1n) is 9.83. The van der Waals surface area contributed by atoms with Crippen LogP contribution in [0.5, 0.6) is 0 Å². The van der Waals surface area contributed by atoms with E-state index in [0.717, 1.165) is 17.7 Å². The van der Waals surface area contributed by atoms with Crippen molar-refractivity contribution in [3.05, 3.63) is 71.3 Å². The normalized spacial score (nSPS) is 22.9. The van der Waals surface area contributed by atoms with Crippen molar-refractivity contribution in [3.8, 4) is 0 Å². The zero-order valence-corrected chi connectivity index (χ0v) is 16.2. The van der Waals surface area contributed by atoms with Gasteiger partial charge in [0.15, 0.2) is 0 Å². The van der Waals surface area contributed by atoms with E-state index >= 15 is 0 Å². The minimum Gasteiger partial charge on any atom is -0.366 e. The third kappa shape index (κ3) is 4.40. The predicted octanol–water partition coefficient (Wildman–Crippen LogP) is 3.74. The molecule has 142 valence electrons. The molecule has 2 fully saturated rings. The molecule has 0 spiro atoms. The maximum atomic E-state index is 13.2. The number of carbonyl (C=O) groups is 1. The Bertz CT molecular complexity index is 769. The van der Waals surface area contributed by atoms with Crippen LogP contribution in [-0.2, 0) is 11.3 Å². The largest absolute Gasteiger partial charge is 0.366 e. The Morgan fingerprint density at radius 1 is 1.04 bits per heavy atom. The monoisotopic (exact) mass is 364 g/mol. The van der Waals surface area contributed by atoms with Crippen molar-refractivity contribution in [1.29, 1.82) is 0 Å². The van der Waals surface area contributed by atoms with Crippen LogP contribution in [0.4, 0.5) is 0 Å². The lowest BCUT2D eigenvalue weighted by molar-refractivity contribution is -0.0864. The summed E-state index contributed by atoms with van der Waals surface area (Å²) in [6, 6.07) is 18.3. The molecule has 0 radical (unpaired) electrons. The molecule has 2 aliphatic rings. The number of morpholine rings is 1. The number of amides is 1. The van der Waals surface area contributed by atoms with Gasteiger partial charge in [0.05, 0.1) is 12.6 Å². The maximum absolute atomic E-state index is 13.2. The second kappa shape index (κ2) is 7.83. The van der Waals surface area contributed by atoms with Crippen molar-refractivity contribution >= 4 is 5.91 Å². The molecular formula is C23H28N2O2. The van der Waals surface area contributed by atoms with Crippen LogP contribution in [0.1, 0.15) is 40.4 Å². The zero-order valence-electron chi connectivity index (χ0n) is 16.2. The molecule has 1 amide bonds. The summed E-state index contributed by atoms with van der Waals surface area (Å²) in [6.45, 7) is 2.20. The number of hydrogen-bond donors (Lipinski definition) is 0. The summed E-state index contributed by atoms with van der Waals surface area (Å²) in [5, 5.41) is 0. The highest BCUT2D eigenvalue weighted by atomic mass is 16.5. The predicted molar refractivity (Wildman–Crippen MR) is 107 cm³/mol. The summed E-state index contributed by atoms with van der Waals surface area (Å²) in [5.74, 6) is 0.718. The molecule has 0 aromatic heterocycles. The van der Waals surface area contributed by atoms with Gasteiger partial charge in [0.2, 0.25) is 0 Å². The number of benzene rings is 2. The molecule has 4 heteroatoms. The fraction of sp³-hybridized carbons (Fsp3) is 0.435. The average molecular weight is 364 g/mol. The molecule has 2 aromatic rings. The molecule has 1 aliphatic carbocycles. The Hall–Kier alpha value is -2.17. The van der Waals surface area contributed by atoms with Crippen LogP contribution >= 0.6 is 0 Å². The maximum Gasteiger partial charge on any atom is 0.254 e. The average Bonchev–Trinajstić information content (AvgIpc) is 3.53. The summed E-state index contributed by atoms with van der Waals surface area (Å²) in [5.41, 5.74) is 3.14. The van der Waals surface area contributed by atoms with E-state index < -0.39 is 0 Å². The fourth-order valence-electron chi connectivity index (χ4n) is 3.84. The number of hydrogen-bond acceptors (Lipinski definition) is 3. The number of nitrogens with zero attached hydrogens (tertiary/aromatic N) is 2. The van der Waals surface area contributed by atoms with Gasteiger partial charge in [-0.1, -0.05) is 42.5 Å². The summed E-state index contributed by atoms with van der Waals surface area (Å²) >= 11 is 0. The minimum atomic E-state index is -0.0393. The minimum absolute atomic E-state index is 0.0393. The lowest BCUT2D eigenvalue weighted by Crippen LogP contribution is -2.47. The van der Waals surface area contributed by atoms with E-state index in [1.807, 2.05) is 35.2 Å². The van der Waals surface area contributed by atoms with E-state index in [1.165, 1.54) is 18.4 Å². The highest BCUT2D eigenvalue weighted by molar-refractivity contribution is 5.94. The van der Waals surface area contributed by atoms with Crippen molar-refractivity contribution in [1.82, 2.24) is 9.80 Å². The standard InChI is InChI=1S/C23H28N2O2/c1-24(2)14-17-8-10-20(11-9-17)23(26)25-15-21(18-6-4-3-5-7-18)27-22(16-25)19-12-13-19/h3-11,19,21-22H,12-16H2,1-2H3/t21-,22+/m0/s1. The molecule has 0 N–H and O–H groups in total. The second-order valence-corrected chi connectivity index (χ2v) is 8.06. The van der Waals surface area contributed by atoms with Gasteiger partial charge in [-0.2, -0.15) is 0 Å². The Balaban J connectivity index is 1.51. The van der Waals surface area contributed by atoms with E-state index in [-0.39, 0.29) is 18.1 Å². The summed E-state index contributed by atoms with van der Waals surface area (Å²) in [7, 11) is 4.10. The van der Waals surface area contributed by atoms with Crippen LogP contribution < -0.4 is 0 Å². The molecule has 27 heavy (non-hydrogen) atoms. The van der Waals surface area contributed by atoms with Gasteiger partial charge in [0.25, 0.3) is 5.91 Å². The Kier molecular flexibility index (Phi) is 5.28. The van der Waals surface area contributed by atoms with E-state index in [0.29, 0.717) is 19.0 Å². The summed E-state index contributed by atoms with van der Waals surface area (Å²) in [6.07, 6.45) is 2.55. The molecular weight excluding hydrogens is 336 g/mol. The molecule has 0 unspecified atom stereocenters. The topological polar surface area (TPSA) is 32.8 Å². The quantitative estimate of drug-likeness (QED) is 0.810. The Labute approximate surface area is 161 Å². The molecule has 2 aromatic carbocycles. The van der Waals surface area contributed by atoms with E-state index in [4.69, 9.17) is 4.74 Å². The van der Waals surface area contributed by atoms with Crippen molar-refractivity contribution in [3.63, 3.8) is 0 Å². The van der Waals surface area contributed by atoms with Gasteiger partial charge in [-0.25, -0.2) is 0 Å². The zero-order chi connectivity index (χ0) is 18.8. The first kappa shape index (κ1) is 18.2. The van der Waals surface area contributed by atoms with Gasteiger partial charge in [0, 0.05) is 18.7 Å². The van der Waals surface area contributed by atoms with Crippen LogP contribution in [0, 0.1) is 5.92 Å². The van der Waals surface area contributed by atoms with E-state index in [2.05, 4.69) is 43.3 Å². The fourth-order valence-corrected chi connectivity index (χ4v) is 3.84. The van der Waals surface area contributed by atoms with Crippen molar-refractivity contribution in [2.75, 3.05) is 27.2 Å². The van der Waals surface area contributed by atoms with Crippen LogP contribution in [0.25, 0.3) is 0 Å². The molecule has 4 nitrogen and oxygen atoms in total. The Morgan fingerprint density at radius 2 is 1.74 bits per heavy atom. The lowest BCUT2D eigenvalue weighted by Gasteiger charge is -2.38. The van der Waals surface area contributed by atoms with E-state index in [1.54, 1.807) is 0 Å². The second-order valence-electron chi connectivity index (χ2n) is 8.06. The van der Waals surface area contributed by atoms with Crippen LogP contribution in [0.2, 0.25) is 0 Å².